The van der Waals surface area contributed by atoms with E-state index in [9.17, 15) is 12.8 Å². The molecule has 6 heteroatoms. The van der Waals surface area contributed by atoms with Crippen LogP contribution in [0.15, 0.2) is 18.2 Å². The zero-order valence-electron chi connectivity index (χ0n) is 9.90. The first-order chi connectivity index (χ1) is 8.53. The lowest BCUT2D eigenvalue weighted by Crippen LogP contribution is -2.28. The minimum Gasteiger partial charge on any atom is -0.368 e. The van der Waals surface area contributed by atoms with Crippen LogP contribution in [-0.4, -0.2) is 33.0 Å². The van der Waals surface area contributed by atoms with Crippen molar-refractivity contribution in [2.24, 2.45) is 0 Å². The molecule has 3 nitrogen and oxygen atoms in total. The van der Waals surface area contributed by atoms with E-state index in [4.69, 9.17) is 11.6 Å². The normalized spacial score (nSPS) is 19.6. The van der Waals surface area contributed by atoms with Gasteiger partial charge in [-0.3, -0.25) is 0 Å². The fraction of sp³-hybridized carbons (Fsp3) is 0.500. The van der Waals surface area contributed by atoms with Crippen molar-refractivity contribution in [3.8, 4) is 0 Å². The van der Waals surface area contributed by atoms with Gasteiger partial charge in [0.15, 0.2) is 9.84 Å². The zero-order chi connectivity index (χ0) is 13.2. The highest BCUT2D eigenvalue weighted by molar-refractivity contribution is 7.91. The number of hydrogen-bond acceptors (Lipinski definition) is 3. The van der Waals surface area contributed by atoms with Crippen LogP contribution in [0.25, 0.3) is 0 Å². The smallest absolute Gasteiger partial charge is 0.152 e. The number of anilines is 1. The van der Waals surface area contributed by atoms with Crippen molar-refractivity contribution in [1.29, 1.82) is 0 Å². The Kier molecular flexibility index (Phi) is 4.12. The average molecular weight is 292 g/mol. The maximum Gasteiger partial charge on any atom is 0.152 e. The van der Waals surface area contributed by atoms with Crippen LogP contribution in [0.3, 0.4) is 0 Å². The second kappa shape index (κ2) is 5.45. The molecule has 100 valence electrons. The molecule has 1 saturated heterocycles. The number of nitrogens with zero attached hydrogens (tertiary/aromatic N) is 1. The molecule has 0 aromatic heterocycles. The van der Waals surface area contributed by atoms with Crippen LogP contribution in [0.4, 0.5) is 10.1 Å². The molecule has 0 N–H and O–H groups in total. The Morgan fingerprint density at radius 1 is 1.28 bits per heavy atom. The third kappa shape index (κ3) is 2.95. The number of alkyl halides is 1. The first-order valence-corrected chi connectivity index (χ1v) is 8.18. The summed E-state index contributed by atoms with van der Waals surface area (Å²) in [6.07, 6.45) is 0.526. The van der Waals surface area contributed by atoms with Gasteiger partial charge in [-0.1, -0.05) is 12.1 Å². The van der Waals surface area contributed by atoms with Gasteiger partial charge in [0, 0.05) is 19.0 Å². The summed E-state index contributed by atoms with van der Waals surface area (Å²) in [5.74, 6) is 0.126. The van der Waals surface area contributed by atoms with E-state index in [0.29, 0.717) is 30.8 Å². The molecule has 1 aliphatic heterocycles. The summed E-state index contributed by atoms with van der Waals surface area (Å²) in [6, 6.07) is 4.76. The van der Waals surface area contributed by atoms with E-state index in [0.717, 1.165) is 0 Å². The second-order valence-electron chi connectivity index (χ2n) is 4.37. The van der Waals surface area contributed by atoms with Crippen LogP contribution < -0.4 is 4.90 Å². The highest BCUT2D eigenvalue weighted by Gasteiger charge is 2.22. The maximum absolute atomic E-state index is 13.9. The molecule has 2 rings (SSSR count). The molecule has 0 spiro atoms. The van der Waals surface area contributed by atoms with E-state index in [-0.39, 0.29) is 23.2 Å². The largest absolute Gasteiger partial charge is 0.368 e. The predicted octanol–water partition coefficient (Wildman–Crippen LogP) is 2.19. The monoisotopic (exact) mass is 291 g/mol. The Morgan fingerprint density at radius 3 is 2.78 bits per heavy atom. The molecule has 0 unspecified atom stereocenters. The molecule has 0 saturated carbocycles. The van der Waals surface area contributed by atoms with E-state index < -0.39 is 9.84 Å². The Morgan fingerprint density at radius 2 is 2.06 bits per heavy atom. The Hall–Kier alpha value is -0.810. The van der Waals surface area contributed by atoms with Crippen molar-refractivity contribution < 1.29 is 12.8 Å². The third-order valence-corrected chi connectivity index (χ3v) is 5.09. The summed E-state index contributed by atoms with van der Waals surface area (Å²) in [7, 11) is -2.99. The molecule has 18 heavy (non-hydrogen) atoms. The number of halogens is 2. The molecule has 1 aromatic rings. The van der Waals surface area contributed by atoms with Crippen molar-refractivity contribution in [3.05, 3.63) is 29.6 Å². The topological polar surface area (TPSA) is 37.4 Å². The van der Waals surface area contributed by atoms with Crippen LogP contribution in [-0.2, 0) is 15.7 Å². The molecule has 0 amide bonds. The highest BCUT2D eigenvalue weighted by Crippen LogP contribution is 2.27. The minimum atomic E-state index is -2.99. The standard InChI is InChI=1S/C12H15ClFNO2S/c13-9-10-3-1-4-11(14)12(10)15-5-2-7-18(16,17)8-6-15/h1,3-4H,2,5-9H2. The Labute approximate surface area is 111 Å². The van der Waals surface area contributed by atoms with E-state index in [1.807, 2.05) is 0 Å². The summed E-state index contributed by atoms with van der Waals surface area (Å²) in [6.45, 7) is 0.872. The fourth-order valence-corrected chi connectivity index (χ4v) is 3.67. The molecular formula is C12H15ClFNO2S. The minimum absolute atomic E-state index is 0.0725. The number of sulfone groups is 1. The molecule has 0 atom stereocenters. The highest BCUT2D eigenvalue weighted by atomic mass is 35.5. The lowest BCUT2D eigenvalue weighted by atomic mass is 10.1. The number of rotatable bonds is 2. The van der Waals surface area contributed by atoms with Crippen LogP contribution in [0.5, 0.6) is 0 Å². The Bertz CT molecular complexity index is 533. The lowest BCUT2D eigenvalue weighted by molar-refractivity contribution is 0.596. The van der Waals surface area contributed by atoms with Gasteiger partial charge in [-0.15, -0.1) is 11.6 Å². The van der Waals surface area contributed by atoms with Crippen LogP contribution in [0.1, 0.15) is 12.0 Å². The Balaban J connectivity index is 2.31. The zero-order valence-corrected chi connectivity index (χ0v) is 11.5. The van der Waals surface area contributed by atoms with E-state index in [2.05, 4.69) is 0 Å². The van der Waals surface area contributed by atoms with Crippen molar-refractivity contribution in [2.75, 3.05) is 29.5 Å². The van der Waals surface area contributed by atoms with E-state index in [1.54, 1.807) is 17.0 Å². The van der Waals surface area contributed by atoms with Gasteiger partial charge in [0.05, 0.1) is 17.2 Å². The molecule has 0 aliphatic carbocycles. The molecule has 0 radical (unpaired) electrons. The van der Waals surface area contributed by atoms with Crippen LogP contribution in [0.2, 0.25) is 0 Å². The number of benzene rings is 1. The quantitative estimate of drug-likeness (QED) is 0.784. The van der Waals surface area contributed by atoms with Gasteiger partial charge in [0.25, 0.3) is 0 Å². The molecule has 1 aliphatic rings. The lowest BCUT2D eigenvalue weighted by Gasteiger charge is -2.24. The van der Waals surface area contributed by atoms with Gasteiger partial charge < -0.3 is 4.90 Å². The van der Waals surface area contributed by atoms with Gasteiger partial charge >= 0.3 is 0 Å². The van der Waals surface area contributed by atoms with Gasteiger partial charge in [0.1, 0.15) is 5.82 Å². The van der Waals surface area contributed by atoms with Crippen molar-refractivity contribution in [1.82, 2.24) is 0 Å². The first-order valence-electron chi connectivity index (χ1n) is 5.82. The second-order valence-corrected chi connectivity index (χ2v) is 6.94. The summed E-state index contributed by atoms with van der Waals surface area (Å²) < 4.78 is 37.0. The molecule has 1 heterocycles. The summed E-state index contributed by atoms with van der Waals surface area (Å²) in [4.78, 5) is 1.79. The molecule has 1 fully saturated rings. The molecule has 0 bridgehead atoms. The molecular weight excluding hydrogens is 277 g/mol. The SMILES string of the molecule is O=S1(=O)CCCN(c2c(F)cccc2CCl)CC1. The number of hydrogen-bond donors (Lipinski definition) is 0. The van der Waals surface area contributed by atoms with Gasteiger partial charge in [0.2, 0.25) is 0 Å². The van der Waals surface area contributed by atoms with E-state index >= 15 is 0 Å². The van der Waals surface area contributed by atoms with Crippen molar-refractivity contribution >= 4 is 27.1 Å². The summed E-state index contributed by atoms with van der Waals surface area (Å²) in [5.41, 5.74) is 1.15. The molecule has 1 aromatic carbocycles. The predicted molar refractivity (Wildman–Crippen MR) is 71.4 cm³/mol. The third-order valence-electron chi connectivity index (χ3n) is 3.09. The van der Waals surface area contributed by atoms with Gasteiger partial charge in [-0.05, 0) is 18.1 Å². The van der Waals surface area contributed by atoms with Crippen LogP contribution in [0, 0.1) is 5.82 Å². The summed E-state index contributed by atoms with van der Waals surface area (Å²) in [5, 5.41) is 0. The first kappa shape index (κ1) is 13.6. The fourth-order valence-electron chi connectivity index (χ4n) is 2.18. The number of para-hydroxylation sites is 1. The maximum atomic E-state index is 13.9. The average Bonchev–Trinajstić information content (AvgIpc) is 2.50. The van der Waals surface area contributed by atoms with Crippen molar-refractivity contribution in [2.45, 2.75) is 12.3 Å². The van der Waals surface area contributed by atoms with Gasteiger partial charge in [-0.25, -0.2) is 12.8 Å². The van der Waals surface area contributed by atoms with Gasteiger partial charge in [-0.2, -0.15) is 0 Å². The van der Waals surface area contributed by atoms with E-state index in [1.165, 1.54) is 6.07 Å². The summed E-state index contributed by atoms with van der Waals surface area (Å²) >= 11 is 5.81. The van der Waals surface area contributed by atoms with Crippen molar-refractivity contribution in [3.63, 3.8) is 0 Å². The van der Waals surface area contributed by atoms with Crippen LogP contribution >= 0.6 is 11.6 Å².